The molecule has 0 radical (unpaired) electrons. The molecular formula is C16H18F3NO5. The maximum atomic E-state index is 12.2. The van der Waals surface area contributed by atoms with Crippen LogP contribution in [0.25, 0.3) is 0 Å². The molecule has 0 aliphatic carbocycles. The summed E-state index contributed by atoms with van der Waals surface area (Å²) in [7, 11) is 0. The van der Waals surface area contributed by atoms with Gasteiger partial charge in [-0.05, 0) is 17.7 Å². The van der Waals surface area contributed by atoms with Crippen LogP contribution in [0.4, 0.5) is 13.2 Å². The molecular weight excluding hydrogens is 343 g/mol. The lowest BCUT2D eigenvalue weighted by Gasteiger charge is -2.33. The van der Waals surface area contributed by atoms with E-state index in [1.165, 1.54) is 18.2 Å². The van der Waals surface area contributed by atoms with Gasteiger partial charge in [0.05, 0.1) is 6.42 Å². The number of ether oxygens (including phenoxy) is 2. The van der Waals surface area contributed by atoms with Crippen LogP contribution in [0, 0.1) is 0 Å². The molecule has 0 unspecified atom stereocenters. The number of aliphatic carboxylic acids is 1. The van der Waals surface area contributed by atoms with E-state index in [1.807, 2.05) is 0 Å². The molecule has 1 amide bonds. The largest absolute Gasteiger partial charge is 0.484 e. The van der Waals surface area contributed by atoms with Gasteiger partial charge in [-0.1, -0.05) is 12.1 Å². The number of nitrogens with one attached hydrogen (secondary N) is 1. The summed E-state index contributed by atoms with van der Waals surface area (Å²) in [5, 5.41) is 11.9. The van der Waals surface area contributed by atoms with Crippen molar-refractivity contribution in [2.75, 3.05) is 19.8 Å². The van der Waals surface area contributed by atoms with Gasteiger partial charge in [0, 0.05) is 26.1 Å². The summed E-state index contributed by atoms with van der Waals surface area (Å²) in [5.74, 6) is -1.68. The minimum atomic E-state index is -4.45. The molecule has 1 aliphatic heterocycles. The first-order chi connectivity index (χ1) is 11.7. The molecule has 1 aromatic carbocycles. The molecule has 0 spiro atoms. The van der Waals surface area contributed by atoms with E-state index >= 15 is 0 Å². The SMILES string of the molecule is O=C(Cc1cccc(OCC(F)(F)F)c1)NC1(C(=O)O)CCOCC1. The Bertz CT molecular complexity index is 626. The van der Waals surface area contributed by atoms with E-state index in [-0.39, 0.29) is 38.2 Å². The summed E-state index contributed by atoms with van der Waals surface area (Å²) in [6.07, 6.45) is -4.31. The minimum Gasteiger partial charge on any atom is -0.484 e. The van der Waals surface area contributed by atoms with Crippen molar-refractivity contribution in [3.8, 4) is 5.75 Å². The lowest BCUT2D eigenvalue weighted by Crippen LogP contribution is -2.57. The predicted octanol–water partition coefficient (Wildman–Crippen LogP) is 1.92. The van der Waals surface area contributed by atoms with Gasteiger partial charge in [0.15, 0.2) is 6.61 Å². The molecule has 6 nitrogen and oxygen atoms in total. The molecule has 0 atom stereocenters. The van der Waals surface area contributed by atoms with E-state index in [1.54, 1.807) is 6.07 Å². The Hall–Kier alpha value is -2.29. The molecule has 0 aromatic heterocycles. The lowest BCUT2D eigenvalue weighted by atomic mass is 9.90. The quantitative estimate of drug-likeness (QED) is 0.809. The van der Waals surface area contributed by atoms with Crippen molar-refractivity contribution in [2.45, 2.75) is 31.0 Å². The number of amides is 1. The third-order valence-electron chi connectivity index (χ3n) is 3.80. The molecule has 138 valence electrons. The van der Waals surface area contributed by atoms with Gasteiger partial charge in [-0.15, -0.1) is 0 Å². The Morgan fingerprint density at radius 2 is 1.96 bits per heavy atom. The standard InChI is InChI=1S/C16H18F3NO5/c17-16(18,19)10-25-12-3-1-2-11(8-12)9-13(21)20-15(14(22)23)4-6-24-7-5-15/h1-3,8H,4-7,9-10H2,(H,20,21)(H,22,23). The zero-order chi connectivity index (χ0) is 18.5. The van der Waals surface area contributed by atoms with Gasteiger partial charge in [0.25, 0.3) is 0 Å². The molecule has 1 aromatic rings. The van der Waals surface area contributed by atoms with Gasteiger partial charge in [-0.25, -0.2) is 4.79 Å². The fourth-order valence-electron chi connectivity index (χ4n) is 2.52. The zero-order valence-electron chi connectivity index (χ0n) is 13.3. The summed E-state index contributed by atoms with van der Waals surface area (Å²) in [6.45, 7) is -0.967. The monoisotopic (exact) mass is 361 g/mol. The van der Waals surface area contributed by atoms with E-state index in [0.29, 0.717) is 5.56 Å². The normalized spacial score (nSPS) is 16.9. The van der Waals surface area contributed by atoms with Crippen LogP contribution in [0.15, 0.2) is 24.3 Å². The topological polar surface area (TPSA) is 84.9 Å². The van der Waals surface area contributed by atoms with E-state index in [0.717, 1.165) is 0 Å². The van der Waals surface area contributed by atoms with Crippen molar-refractivity contribution in [3.05, 3.63) is 29.8 Å². The molecule has 0 saturated carbocycles. The first-order valence-corrected chi connectivity index (χ1v) is 7.61. The Morgan fingerprint density at radius 1 is 1.28 bits per heavy atom. The number of carboxylic acid groups (broad SMARTS) is 1. The summed E-state index contributed by atoms with van der Waals surface area (Å²) in [4.78, 5) is 23.7. The Labute approximate surface area is 141 Å². The first-order valence-electron chi connectivity index (χ1n) is 7.61. The second-order valence-electron chi connectivity index (χ2n) is 5.78. The van der Waals surface area contributed by atoms with Crippen molar-refractivity contribution in [3.63, 3.8) is 0 Å². The molecule has 1 fully saturated rings. The van der Waals surface area contributed by atoms with E-state index in [9.17, 15) is 27.9 Å². The second-order valence-corrected chi connectivity index (χ2v) is 5.78. The average molecular weight is 361 g/mol. The van der Waals surface area contributed by atoms with Gasteiger partial charge in [0.1, 0.15) is 11.3 Å². The van der Waals surface area contributed by atoms with Gasteiger partial charge in [-0.3, -0.25) is 4.79 Å². The molecule has 2 rings (SSSR count). The zero-order valence-corrected chi connectivity index (χ0v) is 13.3. The van der Waals surface area contributed by atoms with Crippen LogP contribution in [0.3, 0.4) is 0 Å². The fraction of sp³-hybridized carbons (Fsp3) is 0.500. The number of benzene rings is 1. The number of carboxylic acids is 1. The number of halogens is 3. The summed E-state index contributed by atoms with van der Waals surface area (Å²) in [6, 6.07) is 5.69. The van der Waals surface area contributed by atoms with Crippen molar-refractivity contribution in [1.82, 2.24) is 5.32 Å². The molecule has 0 bridgehead atoms. The van der Waals surface area contributed by atoms with Crippen LogP contribution in [-0.4, -0.2) is 48.5 Å². The average Bonchev–Trinajstić information content (AvgIpc) is 2.53. The maximum Gasteiger partial charge on any atom is 0.422 e. The van der Waals surface area contributed by atoms with Crippen LogP contribution < -0.4 is 10.1 Å². The number of alkyl halides is 3. The van der Waals surface area contributed by atoms with Crippen molar-refractivity contribution in [2.24, 2.45) is 0 Å². The van der Waals surface area contributed by atoms with E-state index < -0.39 is 30.2 Å². The van der Waals surface area contributed by atoms with Crippen LogP contribution in [0.1, 0.15) is 18.4 Å². The van der Waals surface area contributed by atoms with Crippen molar-refractivity contribution < 1.29 is 37.3 Å². The smallest absolute Gasteiger partial charge is 0.422 e. The molecule has 2 N–H and O–H groups in total. The minimum absolute atomic E-state index is 0.0124. The van der Waals surface area contributed by atoms with Crippen LogP contribution in [-0.2, 0) is 20.7 Å². The first kappa shape index (κ1) is 19.0. The highest BCUT2D eigenvalue weighted by Gasteiger charge is 2.41. The van der Waals surface area contributed by atoms with Gasteiger partial charge >= 0.3 is 12.1 Å². The van der Waals surface area contributed by atoms with E-state index in [2.05, 4.69) is 10.1 Å². The highest BCUT2D eigenvalue weighted by molar-refractivity contribution is 5.88. The molecule has 1 aliphatic rings. The number of carbonyl (C=O) groups excluding carboxylic acids is 1. The Morgan fingerprint density at radius 3 is 2.56 bits per heavy atom. The Balaban J connectivity index is 1.99. The summed E-state index contributed by atoms with van der Waals surface area (Å²) >= 11 is 0. The fourth-order valence-corrected chi connectivity index (χ4v) is 2.52. The second kappa shape index (κ2) is 7.73. The van der Waals surface area contributed by atoms with Gasteiger partial charge in [-0.2, -0.15) is 13.2 Å². The molecule has 9 heteroatoms. The number of rotatable bonds is 6. The maximum absolute atomic E-state index is 12.2. The number of hydrogen-bond acceptors (Lipinski definition) is 4. The molecule has 25 heavy (non-hydrogen) atoms. The van der Waals surface area contributed by atoms with E-state index in [4.69, 9.17) is 4.74 Å². The lowest BCUT2D eigenvalue weighted by molar-refractivity contribution is -0.153. The highest BCUT2D eigenvalue weighted by atomic mass is 19.4. The predicted molar refractivity (Wildman–Crippen MR) is 80.3 cm³/mol. The van der Waals surface area contributed by atoms with Crippen LogP contribution in [0.5, 0.6) is 5.75 Å². The summed E-state index contributed by atoms with van der Waals surface area (Å²) in [5.41, 5.74) is -0.954. The van der Waals surface area contributed by atoms with Crippen LogP contribution >= 0.6 is 0 Å². The highest BCUT2D eigenvalue weighted by Crippen LogP contribution is 2.22. The summed E-state index contributed by atoms with van der Waals surface area (Å²) < 4.78 is 46.3. The number of carbonyl (C=O) groups is 2. The molecule has 1 saturated heterocycles. The van der Waals surface area contributed by atoms with Gasteiger partial charge in [0.2, 0.25) is 5.91 Å². The Kier molecular flexibility index (Phi) is 5.89. The van der Waals surface area contributed by atoms with Crippen molar-refractivity contribution in [1.29, 1.82) is 0 Å². The van der Waals surface area contributed by atoms with Crippen LogP contribution in [0.2, 0.25) is 0 Å². The number of hydrogen-bond donors (Lipinski definition) is 2. The van der Waals surface area contributed by atoms with Crippen molar-refractivity contribution >= 4 is 11.9 Å². The third kappa shape index (κ3) is 5.63. The third-order valence-corrected chi connectivity index (χ3v) is 3.80. The molecule has 1 heterocycles. The van der Waals surface area contributed by atoms with Gasteiger partial charge < -0.3 is 19.9 Å².